The van der Waals surface area contributed by atoms with Crippen LogP contribution in [0.15, 0.2) is 53.3 Å². The number of hydrogen-bond donors (Lipinski definition) is 2. The summed E-state index contributed by atoms with van der Waals surface area (Å²) in [5.74, 6) is -0.274. The molecule has 30 heavy (non-hydrogen) atoms. The van der Waals surface area contributed by atoms with Gasteiger partial charge in [-0.1, -0.05) is 41.4 Å². The molecule has 0 saturated carbocycles. The Morgan fingerprint density at radius 3 is 2.83 bits per heavy atom. The molecule has 0 unspecified atom stereocenters. The molecule has 4 aromatic rings. The van der Waals surface area contributed by atoms with Crippen LogP contribution in [0.5, 0.6) is 5.75 Å². The number of benzene rings is 2. The number of nitrogens with two attached hydrogens (primary N) is 1. The van der Waals surface area contributed by atoms with Crippen LogP contribution in [0.1, 0.15) is 24.2 Å². The maximum Gasteiger partial charge on any atom is 0.205 e. The number of furan rings is 1. The molecule has 2 aromatic carbocycles. The Morgan fingerprint density at radius 2 is 2.07 bits per heavy atom. The van der Waals surface area contributed by atoms with E-state index in [0.29, 0.717) is 16.5 Å². The number of fused-ring (bicyclic) bond motifs is 1. The summed E-state index contributed by atoms with van der Waals surface area (Å²) < 4.78 is 25.7. The molecule has 1 atom stereocenters. The highest BCUT2D eigenvalue weighted by atomic mass is 35.5. The number of aromatic nitrogens is 1. The Morgan fingerprint density at radius 1 is 1.27 bits per heavy atom. The van der Waals surface area contributed by atoms with Gasteiger partial charge < -0.3 is 20.0 Å². The number of nitrogen functional groups attached to an aromatic ring is 1. The fraction of sp³-hybridized carbons (Fsp3) is 0.136. The van der Waals surface area contributed by atoms with Crippen LogP contribution in [0, 0.1) is 5.82 Å². The molecule has 0 saturated heterocycles. The minimum Gasteiger partial charge on any atom is -0.478 e. The smallest absolute Gasteiger partial charge is 0.205 e. The third kappa shape index (κ3) is 3.58. The van der Waals surface area contributed by atoms with Crippen molar-refractivity contribution in [1.82, 2.24) is 4.98 Å². The summed E-state index contributed by atoms with van der Waals surface area (Å²) in [6.45, 7) is 1.61. The monoisotopic (exact) mass is 446 g/mol. The fourth-order valence-corrected chi connectivity index (χ4v) is 3.98. The molecule has 3 N–H and O–H groups in total. The molecule has 154 valence electrons. The van der Waals surface area contributed by atoms with E-state index in [2.05, 4.69) is 4.98 Å². The Hall–Kier alpha value is -2.80. The summed E-state index contributed by atoms with van der Waals surface area (Å²) in [5, 5.41) is 10.2. The highest BCUT2D eigenvalue weighted by Crippen LogP contribution is 2.41. The van der Waals surface area contributed by atoms with Crippen molar-refractivity contribution in [3.05, 3.63) is 75.8 Å². The molecule has 0 bridgehead atoms. The number of rotatable bonds is 5. The summed E-state index contributed by atoms with van der Waals surface area (Å²) >= 11 is 12.3. The van der Waals surface area contributed by atoms with Crippen molar-refractivity contribution in [2.75, 3.05) is 5.73 Å². The first-order valence-electron chi connectivity index (χ1n) is 9.06. The highest BCUT2D eigenvalue weighted by Gasteiger charge is 2.23. The summed E-state index contributed by atoms with van der Waals surface area (Å²) in [6.07, 6.45) is 2.44. The zero-order valence-corrected chi connectivity index (χ0v) is 17.3. The van der Waals surface area contributed by atoms with Crippen LogP contribution in [-0.4, -0.2) is 10.1 Å². The van der Waals surface area contributed by atoms with Crippen molar-refractivity contribution in [2.24, 2.45) is 0 Å². The molecule has 0 radical (unpaired) electrons. The van der Waals surface area contributed by atoms with Crippen LogP contribution >= 0.6 is 23.2 Å². The molecule has 0 spiro atoms. The van der Waals surface area contributed by atoms with Gasteiger partial charge in [0.25, 0.3) is 0 Å². The number of pyridine rings is 1. The number of hydrogen-bond acceptors (Lipinski definition) is 5. The lowest BCUT2D eigenvalue weighted by atomic mass is 10.0. The third-order valence-corrected chi connectivity index (χ3v) is 5.52. The van der Waals surface area contributed by atoms with Gasteiger partial charge in [-0.2, -0.15) is 0 Å². The largest absolute Gasteiger partial charge is 0.478 e. The predicted octanol–water partition coefficient (Wildman–Crippen LogP) is 6.16. The summed E-state index contributed by atoms with van der Waals surface area (Å²) in [4.78, 5) is 4.22. The van der Waals surface area contributed by atoms with Gasteiger partial charge in [-0.3, -0.25) is 0 Å². The number of nitrogens with zero attached hydrogens (tertiary/aromatic N) is 1. The van der Waals surface area contributed by atoms with Crippen LogP contribution in [0.3, 0.4) is 0 Å². The van der Waals surface area contributed by atoms with Crippen LogP contribution in [0.25, 0.3) is 22.1 Å². The zero-order valence-electron chi connectivity index (χ0n) is 15.8. The number of halogens is 3. The minimum atomic E-state index is -0.721. The van der Waals surface area contributed by atoms with Crippen LogP contribution in [0.2, 0.25) is 10.0 Å². The quantitative estimate of drug-likeness (QED) is 0.359. The lowest BCUT2D eigenvalue weighted by Crippen LogP contribution is -2.08. The van der Waals surface area contributed by atoms with E-state index in [0.717, 1.165) is 16.7 Å². The zero-order chi connectivity index (χ0) is 21.4. The molecule has 0 aliphatic rings. The maximum atomic E-state index is 13.9. The molecule has 0 aliphatic heterocycles. The maximum absolute atomic E-state index is 13.9. The van der Waals surface area contributed by atoms with E-state index < -0.39 is 11.9 Å². The molecule has 0 aliphatic carbocycles. The fourth-order valence-electron chi connectivity index (χ4n) is 3.31. The third-order valence-electron chi connectivity index (χ3n) is 4.80. The van der Waals surface area contributed by atoms with Gasteiger partial charge >= 0.3 is 0 Å². The number of aliphatic hydroxyl groups is 1. The number of ether oxygens (including phenoxy) is 1. The Kier molecular flexibility index (Phi) is 5.56. The second-order valence-electron chi connectivity index (χ2n) is 6.74. The lowest BCUT2D eigenvalue weighted by Gasteiger charge is -2.18. The molecule has 5 nitrogen and oxygen atoms in total. The van der Waals surface area contributed by atoms with Crippen LogP contribution in [-0.2, 0) is 6.61 Å². The number of aliphatic hydroxyl groups excluding tert-OH is 1. The Balaban J connectivity index is 1.78. The Labute approximate surface area is 181 Å². The average Bonchev–Trinajstić information content (AvgIpc) is 3.17. The molecule has 0 fully saturated rings. The van der Waals surface area contributed by atoms with Crippen molar-refractivity contribution in [2.45, 2.75) is 19.6 Å². The first-order chi connectivity index (χ1) is 14.4. The van der Waals surface area contributed by atoms with Crippen molar-refractivity contribution in [3.63, 3.8) is 0 Å². The van der Waals surface area contributed by atoms with E-state index in [-0.39, 0.29) is 28.2 Å². The van der Waals surface area contributed by atoms with E-state index in [4.69, 9.17) is 38.1 Å². The van der Waals surface area contributed by atoms with E-state index >= 15 is 0 Å². The van der Waals surface area contributed by atoms with Gasteiger partial charge in [-0.15, -0.1) is 0 Å². The van der Waals surface area contributed by atoms with Crippen molar-refractivity contribution >= 4 is 40.0 Å². The SMILES string of the molecule is C[C@@H](Oc1c(N)ncc2c(-c3cccc(CO)c3)coc12)c1c(Cl)ccc(F)c1Cl. The van der Waals surface area contributed by atoms with E-state index in [1.165, 1.54) is 12.1 Å². The van der Waals surface area contributed by atoms with Crippen LogP contribution < -0.4 is 10.5 Å². The van der Waals surface area contributed by atoms with E-state index in [1.54, 1.807) is 19.4 Å². The second kappa shape index (κ2) is 8.14. The molecule has 2 aromatic heterocycles. The van der Waals surface area contributed by atoms with E-state index in [9.17, 15) is 9.50 Å². The van der Waals surface area contributed by atoms with Crippen molar-refractivity contribution in [3.8, 4) is 16.9 Å². The first kappa shape index (κ1) is 20.5. The van der Waals surface area contributed by atoms with E-state index in [1.807, 2.05) is 24.3 Å². The molecule has 4 rings (SSSR count). The van der Waals surface area contributed by atoms with Crippen molar-refractivity contribution in [1.29, 1.82) is 0 Å². The van der Waals surface area contributed by atoms with Gasteiger partial charge in [0, 0.05) is 22.3 Å². The highest BCUT2D eigenvalue weighted by molar-refractivity contribution is 6.36. The summed E-state index contributed by atoms with van der Waals surface area (Å²) in [6, 6.07) is 10.0. The molecule has 0 amide bonds. The van der Waals surface area contributed by atoms with Gasteiger partial charge in [0.05, 0.1) is 23.3 Å². The minimum absolute atomic E-state index is 0.0736. The first-order valence-corrected chi connectivity index (χ1v) is 9.82. The van der Waals surface area contributed by atoms with Gasteiger partial charge in [0.1, 0.15) is 11.9 Å². The molecule has 8 heteroatoms. The molecular formula is C22H17Cl2FN2O3. The van der Waals surface area contributed by atoms with Gasteiger partial charge in [-0.25, -0.2) is 9.37 Å². The molecular weight excluding hydrogens is 430 g/mol. The number of anilines is 1. The van der Waals surface area contributed by atoms with Gasteiger partial charge in [0.2, 0.25) is 5.75 Å². The average molecular weight is 447 g/mol. The normalized spacial score (nSPS) is 12.3. The Bertz CT molecular complexity index is 1240. The standard InChI is InChI=1S/C22H17Cl2FN2O3/c1-11(18-16(23)5-6-17(25)19(18)24)30-21-20-14(8-27-22(21)26)15(10-29-20)13-4-2-3-12(7-13)9-28/h2-8,10-11,28H,9H2,1H3,(H2,26,27)/t11-/m1/s1. The van der Waals surface area contributed by atoms with Crippen molar-refractivity contribution < 1.29 is 18.7 Å². The summed E-state index contributed by atoms with van der Waals surface area (Å²) in [5.41, 5.74) is 9.13. The summed E-state index contributed by atoms with van der Waals surface area (Å²) in [7, 11) is 0. The van der Waals surface area contributed by atoms with Gasteiger partial charge in [0.15, 0.2) is 11.4 Å². The second-order valence-corrected chi connectivity index (χ2v) is 7.53. The topological polar surface area (TPSA) is 81.5 Å². The lowest BCUT2D eigenvalue weighted by molar-refractivity contribution is 0.227. The molecule has 2 heterocycles. The predicted molar refractivity (Wildman–Crippen MR) is 115 cm³/mol. The van der Waals surface area contributed by atoms with Gasteiger partial charge in [-0.05, 0) is 36.2 Å². The van der Waals surface area contributed by atoms with Crippen LogP contribution in [0.4, 0.5) is 10.2 Å².